The number of carbonyl (C=O) groups is 2. The Hall–Kier alpha value is -3.10. The van der Waals surface area contributed by atoms with Crippen molar-refractivity contribution in [3.05, 3.63) is 59.4 Å². The summed E-state index contributed by atoms with van der Waals surface area (Å²) in [7, 11) is 1.27. The van der Waals surface area contributed by atoms with Gasteiger partial charge in [0, 0.05) is 5.56 Å². The average molecular weight is 370 g/mol. The lowest BCUT2D eigenvalue weighted by atomic mass is 10.1. The minimum atomic E-state index is -4.56. The van der Waals surface area contributed by atoms with Crippen LogP contribution in [0.3, 0.4) is 0 Å². The standard InChI is InChI=1S/C17H14F4N2O3/c1-26-14-7-6-10(8-12(14)18)15(24)23-13-5-3-2-4-11(13)16(25)22-9-17(19,20)21/h2-8H,9H2,1H3,(H,22,25)(H,23,24). The molecule has 0 unspecified atom stereocenters. The maximum Gasteiger partial charge on any atom is 0.405 e. The van der Waals surface area contributed by atoms with E-state index in [4.69, 9.17) is 4.74 Å². The van der Waals surface area contributed by atoms with Crippen LogP contribution in [0.2, 0.25) is 0 Å². The van der Waals surface area contributed by atoms with E-state index in [1.165, 1.54) is 43.5 Å². The fraction of sp³-hybridized carbons (Fsp3) is 0.176. The van der Waals surface area contributed by atoms with Gasteiger partial charge >= 0.3 is 6.18 Å². The van der Waals surface area contributed by atoms with Gasteiger partial charge in [0.1, 0.15) is 6.54 Å². The lowest BCUT2D eigenvalue weighted by Crippen LogP contribution is -2.34. The largest absolute Gasteiger partial charge is 0.494 e. The van der Waals surface area contributed by atoms with E-state index < -0.39 is 30.4 Å². The quantitative estimate of drug-likeness (QED) is 0.793. The number of hydrogen-bond acceptors (Lipinski definition) is 3. The summed E-state index contributed by atoms with van der Waals surface area (Å²) in [5.74, 6) is -2.54. The SMILES string of the molecule is COc1ccc(C(=O)Nc2ccccc2C(=O)NCC(F)(F)F)cc1F. The van der Waals surface area contributed by atoms with Crippen molar-refractivity contribution in [1.29, 1.82) is 0 Å². The number of anilines is 1. The molecule has 26 heavy (non-hydrogen) atoms. The molecule has 0 radical (unpaired) electrons. The number of methoxy groups -OCH3 is 1. The Morgan fingerprint density at radius 1 is 1.08 bits per heavy atom. The molecule has 9 heteroatoms. The summed E-state index contributed by atoms with van der Waals surface area (Å²) in [5, 5.41) is 4.11. The van der Waals surface area contributed by atoms with Gasteiger partial charge in [-0.25, -0.2) is 4.39 Å². The first kappa shape index (κ1) is 19.2. The molecule has 2 rings (SSSR count). The molecule has 0 bridgehead atoms. The highest BCUT2D eigenvalue weighted by molar-refractivity contribution is 6.09. The van der Waals surface area contributed by atoms with Crippen LogP contribution >= 0.6 is 0 Å². The number of amides is 2. The van der Waals surface area contributed by atoms with Gasteiger partial charge < -0.3 is 15.4 Å². The Balaban J connectivity index is 2.18. The molecule has 0 aliphatic carbocycles. The highest BCUT2D eigenvalue weighted by Crippen LogP contribution is 2.21. The second kappa shape index (κ2) is 7.85. The van der Waals surface area contributed by atoms with Gasteiger partial charge in [-0.3, -0.25) is 9.59 Å². The number of carbonyl (C=O) groups excluding carboxylic acids is 2. The topological polar surface area (TPSA) is 67.4 Å². The summed E-state index contributed by atoms with van der Waals surface area (Å²) in [6.07, 6.45) is -4.56. The fourth-order valence-electron chi connectivity index (χ4n) is 2.07. The molecule has 2 N–H and O–H groups in total. The highest BCUT2D eigenvalue weighted by Gasteiger charge is 2.28. The van der Waals surface area contributed by atoms with Crippen LogP contribution < -0.4 is 15.4 Å². The summed E-state index contributed by atoms with van der Waals surface area (Å²) < 4.78 is 55.1. The maximum atomic E-state index is 13.7. The highest BCUT2D eigenvalue weighted by atomic mass is 19.4. The molecule has 2 aromatic rings. The van der Waals surface area contributed by atoms with E-state index in [0.717, 1.165) is 6.07 Å². The van der Waals surface area contributed by atoms with Crippen molar-refractivity contribution in [3.63, 3.8) is 0 Å². The van der Waals surface area contributed by atoms with Crippen LogP contribution in [0.15, 0.2) is 42.5 Å². The van der Waals surface area contributed by atoms with Gasteiger partial charge in [-0.2, -0.15) is 13.2 Å². The molecular formula is C17H14F4N2O3. The molecule has 0 spiro atoms. The Morgan fingerprint density at radius 3 is 2.38 bits per heavy atom. The van der Waals surface area contributed by atoms with E-state index in [2.05, 4.69) is 5.32 Å². The third-order valence-corrected chi connectivity index (χ3v) is 3.28. The number of hydrogen-bond donors (Lipinski definition) is 2. The zero-order valence-electron chi connectivity index (χ0n) is 13.5. The average Bonchev–Trinajstić information content (AvgIpc) is 2.59. The lowest BCUT2D eigenvalue weighted by Gasteiger charge is -2.13. The number of rotatable bonds is 5. The van der Waals surface area contributed by atoms with Crippen molar-refractivity contribution in [2.75, 3.05) is 19.0 Å². The molecule has 0 aliphatic heterocycles. The summed E-state index contributed by atoms with van der Waals surface area (Å²) in [6, 6.07) is 9.04. The van der Waals surface area contributed by atoms with Gasteiger partial charge in [-0.05, 0) is 30.3 Å². The molecule has 5 nitrogen and oxygen atoms in total. The fourth-order valence-corrected chi connectivity index (χ4v) is 2.07. The number of alkyl halides is 3. The zero-order valence-corrected chi connectivity index (χ0v) is 13.5. The second-order valence-corrected chi connectivity index (χ2v) is 5.15. The van der Waals surface area contributed by atoms with Gasteiger partial charge in [-0.1, -0.05) is 12.1 Å². The Morgan fingerprint density at radius 2 is 1.77 bits per heavy atom. The van der Waals surface area contributed by atoms with Crippen LogP contribution in [-0.2, 0) is 0 Å². The van der Waals surface area contributed by atoms with Crippen molar-refractivity contribution >= 4 is 17.5 Å². The van der Waals surface area contributed by atoms with Crippen LogP contribution in [0.4, 0.5) is 23.2 Å². The van der Waals surface area contributed by atoms with Crippen molar-refractivity contribution < 1.29 is 31.9 Å². The molecule has 0 heterocycles. The first-order valence-electron chi connectivity index (χ1n) is 7.30. The van der Waals surface area contributed by atoms with Crippen LogP contribution in [0.1, 0.15) is 20.7 Å². The van der Waals surface area contributed by atoms with Gasteiger partial charge in [0.15, 0.2) is 11.6 Å². The van der Waals surface area contributed by atoms with E-state index in [-0.39, 0.29) is 22.6 Å². The smallest absolute Gasteiger partial charge is 0.405 e. The Bertz CT molecular complexity index is 822. The molecular weight excluding hydrogens is 356 g/mol. The number of nitrogens with one attached hydrogen (secondary N) is 2. The van der Waals surface area contributed by atoms with Crippen LogP contribution in [0.25, 0.3) is 0 Å². The molecule has 2 amide bonds. The van der Waals surface area contributed by atoms with E-state index in [9.17, 15) is 27.2 Å². The van der Waals surface area contributed by atoms with Crippen molar-refractivity contribution in [1.82, 2.24) is 5.32 Å². The summed E-state index contributed by atoms with van der Waals surface area (Å²) in [4.78, 5) is 24.2. The predicted molar refractivity (Wildman–Crippen MR) is 85.7 cm³/mol. The molecule has 0 saturated carbocycles. The normalized spacial score (nSPS) is 11.0. The minimum absolute atomic E-state index is 0.00611. The first-order valence-corrected chi connectivity index (χ1v) is 7.30. The van der Waals surface area contributed by atoms with E-state index in [1.54, 1.807) is 5.32 Å². The number of para-hydroxylation sites is 1. The lowest BCUT2D eigenvalue weighted by molar-refractivity contribution is -0.123. The molecule has 0 saturated heterocycles. The molecule has 0 aliphatic rings. The van der Waals surface area contributed by atoms with Gasteiger partial charge in [0.25, 0.3) is 11.8 Å². The Labute approximate surface area is 146 Å². The number of ether oxygens (including phenoxy) is 1. The van der Waals surface area contributed by atoms with E-state index in [1.807, 2.05) is 0 Å². The maximum absolute atomic E-state index is 13.7. The Kier molecular flexibility index (Phi) is 5.81. The number of benzene rings is 2. The molecule has 2 aromatic carbocycles. The van der Waals surface area contributed by atoms with Crippen molar-refractivity contribution in [2.45, 2.75) is 6.18 Å². The second-order valence-electron chi connectivity index (χ2n) is 5.15. The van der Waals surface area contributed by atoms with Crippen molar-refractivity contribution in [2.24, 2.45) is 0 Å². The van der Waals surface area contributed by atoms with Crippen LogP contribution in [-0.4, -0.2) is 31.6 Å². The summed E-state index contributed by atoms with van der Waals surface area (Å²) >= 11 is 0. The molecule has 138 valence electrons. The van der Waals surface area contributed by atoms with Gasteiger partial charge in [-0.15, -0.1) is 0 Å². The van der Waals surface area contributed by atoms with E-state index in [0.29, 0.717) is 0 Å². The predicted octanol–water partition coefficient (Wildman–Crippen LogP) is 3.38. The minimum Gasteiger partial charge on any atom is -0.494 e. The monoisotopic (exact) mass is 370 g/mol. The van der Waals surface area contributed by atoms with Crippen molar-refractivity contribution in [3.8, 4) is 5.75 Å². The molecule has 0 atom stereocenters. The molecule has 0 aromatic heterocycles. The number of halogens is 4. The third kappa shape index (κ3) is 4.95. The summed E-state index contributed by atoms with van der Waals surface area (Å²) in [6.45, 7) is -1.50. The van der Waals surface area contributed by atoms with E-state index >= 15 is 0 Å². The van der Waals surface area contributed by atoms with Gasteiger partial charge in [0.05, 0.1) is 18.4 Å². The van der Waals surface area contributed by atoms with Crippen LogP contribution in [0, 0.1) is 5.82 Å². The zero-order chi connectivity index (χ0) is 19.3. The first-order chi connectivity index (χ1) is 12.2. The third-order valence-electron chi connectivity index (χ3n) is 3.28. The summed E-state index contributed by atoms with van der Waals surface area (Å²) in [5.41, 5.74) is -0.207. The van der Waals surface area contributed by atoms with Gasteiger partial charge in [0.2, 0.25) is 0 Å². The van der Waals surface area contributed by atoms with Crippen LogP contribution in [0.5, 0.6) is 5.75 Å². The molecule has 0 fully saturated rings.